The van der Waals surface area contributed by atoms with E-state index in [1.807, 2.05) is 18.2 Å². The fraction of sp³-hybridized carbons (Fsp3) is 0.292. The van der Waals surface area contributed by atoms with Crippen LogP contribution in [0.4, 0.5) is 11.5 Å². The molecule has 0 aliphatic heterocycles. The molecule has 2 heterocycles. The molecule has 0 spiro atoms. The van der Waals surface area contributed by atoms with Gasteiger partial charge < -0.3 is 10.6 Å². The van der Waals surface area contributed by atoms with Crippen LogP contribution < -0.4 is 10.6 Å². The Kier molecular flexibility index (Phi) is 6.60. The monoisotopic (exact) mass is 388 g/mol. The van der Waals surface area contributed by atoms with Crippen LogP contribution in [0, 0.1) is 0 Å². The standard InChI is InChI=1S/C24H28N4O/c1-16(2)20-8-5-9-21(17(3)4)23(20)28-22-11-10-19(15-26-22)24(29)27-14-18-7-6-12-25-13-18/h5-13,15-17H,14H2,1-4H3,(H,26,28)(H,27,29). The van der Waals surface area contributed by atoms with Gasteiger partial charge in [-0.3, -0.25) is 9.78 Å². The third-order valence-corrected chi connectivity index (χ3v) is 4.83. The Morgan fingerprint density at radius 3 is 2.21 bits per heavy atom. The maximum absolute atomic E-state index is 12.4. The molecule has 0 saturated carbocycles. The molecule has 0 fully saturated rings. The number of para-hydroxylation sites is 1. The van der Waals surface area contributed by atoms with E-state index in [1.54, 1.807) is 24.7 Å². The maximum Gasteiger partial charge on any atom is 0.253 e. The summed E-state index contributed by atoms with van der Waals surface area (Å²) in [5.74, 6) is 1.37. The van der Waals surface area contributed by atoms with Crippen molar-refractivity contribution < 1.29 is 4.79 Å². The second-order valence-electron chi connectivity index (χ2n) is 7.72. The first-order chi connectivity index (χ1) is 14.0. The molecule has 0 bridgehead atoms. The SMILES string of the molecule is CC(C)c1cccc(C(C)C)c1Nc1ccc(C(=O)NCc2cccnc2)cn1. The van der Waals surface area contributed by atoms with Gasteiger partial charge in [-0.2, -0.15) is 0 Å². The Balaban J connectivity index is 1.73. The molecule has 1 amide bonds. The highest BCUT2D eigenvalue weighted by atomic mass is 16.1. The van der Waals surface area contributed by atoms with Crippen molar-refractivity contribution >= 4 is 17.4 Å². The summed E-state index contributed by atoms with van der Waals surface area (Å²) in [5.41, 5.74) is 5.12. The number of pyridine rings is 2. The van der Waals surface area contributed by atoms with Crippen molar-refractivity contribution in [2.24, 2.45) is 0 Å². The minimum absolute atomic E-state index is 0.154. The number of benzene rings is 1. The summed E-state index contributed by atoms with van der Waals surface area (Å²) in [5, 5.41) is 6.37. The lowest BCUT2D eigenvalue weighted by atomic mass is 9.92. The summed E-state index contributed by atoms with van der Waals surface area (Å²) in [6.45, 7) is 9.19. The zero-order chi connectivity index (χ0) is 20.8. The van der Waals surface area contributed by atoms with Gasteiger partial charge in [-0.25, -0.2) is 4.98 Å². The van der Waals surface area contributed by atoms with Gasteiger partial charge in [0, 0.05) is 30.8 Å². The number of carbonyl (C=O) groups excluding carboxylic acids is 1. The Morgan fingerprint density at radius 2 is 1.66 bits per heavy atom. The zero-order valence-corrected chi connectivity index (χ0v) is 17.4. The van der Waals surface area contributed by atoms with Crippen LogP contribution in [0.15, 0.2) is 61.1 Å². The average Bonchev–Trinajstić information content (AvgIpc) is 2.73. The number of anilines is 2. The molecule has 0 radical (unpaired) electrons. The fourth-order valence-corrected chi connectivity index (χ4v) is 3.21. The molecule has 150 valence electrons. The van der Waals surface area contributed by atoms with Gasteiger partial charge in [0.2, 0.25) is 0 Å². The Morgan fingerprint density at radius 1 is 0.931 bits per heavy atom. The smallest absolute Gasteiger partial charge is 0.253 e. The average molecular weight is 389 g/mol. The number of aromatic nitrogens is 2. The number of hydrogen-bond acceptors (Lipinski definition) is 4. The molecule has 5 nitrogen and oxygen atoms in total. The van der Waals surface area contributed by atoms with E-state index >= 15 is 0 Å². The predicted molar refractivity (Wildman–Crippen MR) is 118 cm³/mol. The van der Waals surface area contributed by atoms with Crippen LogP contribution in [0.2, 0.25) is 0 Å². The van der Waals surface area contributed by atoms with Gasteiger partial charge in [-0.1, -0.05) is 52.0 Å². The Hall–Kier alpha value is -3.21. The Labute approximate surface area is 172 Å². The number of nitrogens with one attached hydrogen (secondary N) is 2. The van der Waals surface area contributed by atoms with E-state index < -0.39 is 0 Å². The molecule has 0 aliphatic carbocycles. The maximum atomic E-state index is 12.4. The molecule has 5 heteroatoms. The normalized spacial score (nSPS) is 11.0. The summed E-state index contributed by atoms with van der Waals surface area (Å²) in [4.78, 5) is 20.9. The highest BCUT2D eigenvalue weighted by molar-refractivity contribution is 5.94. The van der Waals surface area contributed by atoms with E-state index in [2.05, 4.69) is 66.5 Å². The van der Waals surface area contributed by atoms with E-state index in [9.17, 15) is 4.79 Å². The molecular formula is C24H28N4O. The van der Waals surface area contributed by atoms with Gasteiger partial charge in [-0.15, -0.1) is 0 Å². The lowest BCUT2D eigenvalue weighted by molar-refractivity contribution is 0.0950. The van der Waals surface area contributed by atoms with Crippen LogP contribution in [0.25, 0.3) is 0 Å². The zero-order valence-electron chi connectivity index (χ0n) is 17.4. The van der Waals surface area contributed by atoms with Crippen molar-refractivity contribution in [2.75, 3.05) is 5.32 Å². The van der Waals surface area contributed by atoms with Crippen molar-refractivity contribution in [3.05, 3.63) is 83.3 Å². The van der Waals surface area contributed by atoms with Crippen LogP contribution in [-0.4, -0.2) is 15.9 Å². The summed E-state index contributed by atoms with van der Waals surface area (Å²) in [7, 11) is 0. The number of rotatable bonds is 7. The molecule has 29 heavy (non-hydrogen) atoms. The molecule has 0 aliphatic rings. The first-order valence-electron chi connectivity index (χ1n) is 9.98. The van der Waals surface area contributed by atoms with Crippen LogP contribution in [0.1, 0.15) is 66.6 Å². The first kappa shape index (κ1) is 20.5. The predicted octanol–water partition coefficient (Wildman–Crippen LogP) is 5.40. The van der Waals surface area contributed by atoms with Gasteiger partial charge in [0.05, 0.1) is 5.56 Å². The van der Waals surface area contributed by atoms with E-state index in [0.29, 0.717) is 23.9 Å². The summed E-state index contributed by atoms with van der Waals surface area (Å²) in [6.07, 6.45) is 5.06. The summed E-state index contributed by atoms with van der Waals surface area (Å²) in [6, 6.07) is 13.8. The highest BCUT2D eigenvalue weighted by Gasteiger charge is 2.14. The third-order valence-electron chi connectivity index (χ3n) is 4.83. The first-order valence-corrected chi connectivity index (χ1v) is 9.98. The molecule has 0 saturated heterocycles. The van der Waals surface area contributed by atoms with Crippen molar-refractivity contribution in [3.8, 4) is 0 Å². The highest BCUT2D eigenvalue weighted by Crippen LogP contribution is 2.34. The van der Waals surface area contributed by atoms with Crippen LogP contribution >= 0.6 is 0 Å². The van der Waals surface area contributed by atoms with E-state index in [4.69, 9.17) is 0 Å². The second kappa shape index (κ2) is 9.32. The van der Waals surface area contributed by atoms with Gasteiger partial charge in [-0.05, 0) is 46.7 Å². The second-order valence-corrected chi connectivity index (χ2v) is 7.72. The lowest BCUT2D eigenvalue weighted by Gasteiger charge is -2.20. The Bertz CT molecular complexity index is 924. The van der Waals surface area contributed by atoms with Gasteiger partial charge >= 0.3 is 0 Å². The van der Waals surface area contributed by atoms with Gasteiger partial charge in [0.15, 0.2) is 0 Å². The van der Waals surface area contributed by atoms with Crippen molar-refractivity contribution in [1.29, 1.82) is 0 Å². The van der Waals surface area contributed by atoms with Crippen LogP contribution in [0.3, 0.4) is 0 Å². The van der Waals surface area contributed by atoms with Gasteiger partial charge in [0.25, 0.3) is 5.91 Å². The largest absolute Gasteiger partial charge is 0.348 e. The molecule has 2 N–H and O–H groups in total. The number of carbonyl (C=O) groups is 1. The molecule has 0 unspecified atom stereocenters. The van der Waals surface area contributed by atoms with E-state index in [0.717, 1.165) is 17.1 Å². The number of nitrogens with zero attached hydrogens (tertiary/aromatic N) is 2. The number of amides is 1. The minimum Gasteiger partial charge on any atom is -0.348 e. The molecule has 0 atom stereocenters. The van der Waals surface area contributed by atoms with E-state index in [-0.39, 0.29) is 5.91 Å². The molecule has 2 aromatic heterocycles. The minimum atomic E-state index is -0.154. The van der Waals surface area contributed by atoms with E-state index in [1.165, 1.54) is 11.1 Å². The van der Waals surface area contributed by atoms with Gasteiger partial charge in [0.1, 0.15) is 5.82 Å². The lowest BCUT2D eigenvalue weighted by Crippen LogP contribution is -2.23. The third kappa shape index (κ3) is 5.19. The number of hydrogen-bond donors (Lipinski definition) is 2. The van der Waals surface area contributed by atoms with Crippen LogP contribution in [0.5, 0.6) is 0 Å². The quantitative estimate of drug-likeness (QED) is 0.569. The summed E-state index contributed by atoms with van der Waals surface area (Å²) < 4.78 is 0. The fourth-order valence-electron chi connectivity index (χ4n) is 3.21. The van der Waals surface area contributed by atoms with Crippen molar-refractivity contribution in [3.63, 3.8) is 0 Å². The van der Waals surface area contributed by atoms with Crippen LogP contribution in [-0.2, 0) is 6.54 Å². The molecular weight excluding hydrogens is 360 g/mol. The molecule has 3 rings (SSSR count). The van der Waals surface area contributed by atoms with Crippen molar-refractivity contribution in [1.82, 2.24) is 15.3 Å². The summed E-state index contributed by atoms with van der Waals surface area (Å²) >= 11 is 0. The molecule has 3 aromatic rings. The van der Waals surface area contributed by atoms with Crippen molar-refractivity contribution in [2.45, 2.75) is 46.1 Å². The molecule has 1 aromatic carbocycles. The topological polar surface area (TPSA) is 66.9 Å².